The van der Waals surface area contributed by atoms with Crippen LogP contribution in [0, 0.1) is 5.92 Å². The van der Waals surface area contributed by atoms with E-state index in [4.69, 9.17) is 4.74 Å². The number of hydrogen-bond donors (Lipinski definition) is 1. The maximum Gasteiger partial charge on any atom is 0.416 e. The van der Waals surface area contributed by atoms with E-state index in [9.17, 15) is 22.8 Å². The molecule has 0 radical (unpaired) electrons. The molecule has 2 aromatic carbocycles. The monoisotopic (exact) mass is 391 g/mol. The van der Waals surface area contributed by atoms with Crippen LogP contribution >= 0.6 is 0 Å². The Balaban J connectivity index is 2.06. The zero-order valence-electron chi connectivity index (χ0n) is 15.5. The van der Waals surface area contributed by atoms with E-state index in [1.807, 2.05) is 0 Å². The molecule has 0 bridgehead atoms. The Kier molecular flexibility index (Phi) is 5.45. The van der Waals surface area contributed by atoms with E-state index in [1.165, 1.54) is 20.1 Å². The molecule has 0 unspecified atom stereocenters. The number of amides is 1. The number of halogens is 3. The summed E-state index contributed by atoms with van der Waals surface area (Å²) in [4.78, 5) is 24.5. The van der Waals surface area contributed by atoms with Crippen molar-refractivity contribution in [2.45, 2.75) is 31.9 Å². The van der Waals surface area contributed by atoms with Gasteiger partial charge in [-0.05, 0) is 54.8 Å². The van der Waals surface area contributed by atoms with Gasteiger partial charge >= 0.3 is 6.18 Å². The first-order valence-corrected chi connectivity index (χ1v) is 8.83. The Morgan fingerprint density at radius 3 is 2.43 bits per heavy atom. The molecule has 148 valence electrons. The van der Waals surface area contributed by atoms with E-state index < -0.39 is 23.6 Å². The van der Waals surface area contributed by atoms with Gasteiger partial charge in [0.15, 0.2) is 0 Å². The highest BCUT2D eigenvalue weighted by molar-refractivity contribution is 5.97. The lowest BCUT2D eigenvalue weighted by atomic mass is 9.79. The second-order valence-corrected chi connectivity index (χ2v) is 6.96. The Morgan fingerprint density at radius 1 is 1.18 bits per heavy atom. The highest BCUT2D eigenvalue weighted by atomic mass is 19.4. The summed E-state index contributed by atoms with van der Waals surface area (Å²) in [5, 5.41) is 2.70. The maximum atomic E-state index is 13.1. The molecular weight excluding hydrogens is 371 g/mol. The van der Waals surface area contributed by atoms with Gasteiger partial charge in [-0.15, -0.1) is 0 Å². The minimum absolute atomic E-state index is 0.0165. The molecule has 2 atom stereocenters. The van der Waals surface area contributed by atoms with Gasteiger partial charge in [-0.3, -0.25) is 4.79 Å². The number of rotatable bonds is 4. The Labute approximate surface area is 160 Å². The van der Waals surface area contributed by atoms with Gasteiger partial charge in [-0.25, -0.2) is 0 Å². The molecule has 1 heterocycles. The van der Waals surface area contributed by atoms with Crippen LogP contribution < -0.4 is 10.1 Å². The minimum atomic E-state index is -4.47. The van der Waals surface area contributed by atoms with Crippen LogP contribution in [0.2, 0.25) is 0 Å². The molecule has 1 aliphatic heterocycles. The molecule has 0 saturated carbocycles. The van der Waals surface area contributed by atoms with Crippen LogP contribution in [-0.2, 0) is 22.2 Å². The number of benzene rings is 2. The van der Waals surface area contributed by atoms with Gasteiger partial charge in [0.25, 0.3) is 0 Å². The summed E-state index contributed by atoms with van der Waals surface area (Å²) in [6.07, 6.45) is -4.25. The van der Waals surface area contributed by atoms with Crippen LogP contribution in [0.1, 0.15) is 36.0 Å². The lowest BCUT2D eigenvalue weighted by Gasteiger charge is -2.23. The van der Waals surface area contributed by atoms with Gasteiger partial charge in [0, 0.05) is 18.0 Å². The van der Waals surface area contributed by atoms with E-state index in [1.54, 1.807) is 24.3 Å². The summed E-state index contributed by atoms with van der Waals surface area (Å²) in [6.45, 7) is 1.40. The first kappa shape index (κ1) is 19.9. The van der Waals surface area contributed by atoms with Crippen molar-refractivity contribution in [1.82, 2.24) is 0 Å². The third-order valence-electron chi connectivity index (χ3n) is 5.00. The van der Waals surface area contributed by atoms with E-state index in [0.717, 1.165) is 17.7 Å². The molecule has 7 heteroatoms. The largest absolute Gasteiger partial charge is 0.497 e. The number of ketones is 1. The molecule has 0 saturated heterocycles. The predicted octanol–water partition coefficient (Wildman–Crippen LogP) is 4.59. The quantitative estimate of drug-likeness (QED) is 0.830. The number of alkyl halides is 3. The van der Waals surface area contributed by atoms with Gasteiger partial charge < -0.3 is 14.8 Å². The third kappa shape index (κ3) is 4.18. The highest BCUT2D eigenvalue weighted by Crippen LogP contribution is 2.40. The van der Waals surface area contributed by atoms with Crippen molar-refractivity contribution >= 4 is 17.4 Å². The van der Waals surface area contributed by atoms with Crippen molar-refractivity contribution in [2.75, 3.05) is 12.4 Å². The number of ether oxygens (including phenoxy) is 1. The molecule has 3 rings (SSSR count). The SMILES string of the molecule is COc1ccc([C@@H]2Cc3cc(C(F)(F)F)ccc3NC(=O)[C@@H]2CC(C)=O)cc1. The lowest BCUT2D eigenvalue weighted by Crippen LogP contribution is -2.28. The van der Waals surface area contributed by atoms with Crippen LogP contribution in [0.25, 0.3) is 0 Å². The molecule has 0 fully saturated rings. The zero-order valence-corrected chi connectivity index (χ0v) is 15.5. The molecule has 1 N–H and O–H groups in total. The van der Waals surface area contributed by atoms with Gasteiger partial charge in [0.05, 0.1) is 18.6 Å². The number of carbonyl (C=O) groups excluding carboxylic acids is 2. The van der Waals surface area contributed by atoms with Gasteiger partial charge in [-0.2, -0.15) is 13.2 Å². The normalized spacial score (nSPS) is 19.4. The fourth-order valence-corrected chi connectivity index (χ4v) is 3.59. The Hall–Kier alpha value is -2.83. The molecule has 4 nitrogen and oxygen atoms in total. The Bertz CT molecular complexity index is 891. The van der Waals surface area contributed by atoms with Crippen LogP contribution in [0.3, 0.4) is 0 Å². The molecule has 0 aliphatic carbocycles. The van der Waals surface area contributed by atoms with Crippen molar-refractivity contribution in [3.05, 3.63) is 59.2 Å². The molecule has 28 heavy (non-hydrogen) atoms. The van der Waals surface area contributed by atoms with Crippen LogP contribution in [0.4, 0.5) is 18.9 Å². The lowest BCUT2D eigenvalue weighted by molar-refractivity contribution is -0.137. The molecule has 0 aromatic heterocycles. The number of methoxy groups -OCH3 is 1. The Morgan fingerprint density at radius 2 is 1.86 bits per heavy atom. The topological polar surface area (TPSA) is 55.4 Å². The predicted molar refractivity (Wildman–Crippen MR) is 98.3 cm³/mol. The molecule has 0 spiro atoms. The van der Waals surface area contributed by atoms with Crippen molar-refractivity contribution in [3.8, 4) is 5.75 Å². The van der Waals surface area contributed by atoms with Crippen LogP contribution in [0.15, 0.2) is 42.5 Å². The number of Topliss-reactive ketones (excluding diaryl/α,β-unsaturated/α-hetero) is 1. The average Bonchev–Trinajstić information content (AvgIpc) is 2.77. The van der Waals surface area contributed by atoms with Crippen LogP contribution in [-0.4, -0.2) is 18.8 Å². The van der Waals surface area contributed by atoms with Crippen molar-refractivity contribution < 1.29 is 27.5 Å². The zero-order chi connectivity index (χ0) is 20.5. The van der Waals surface area contributed by atoms with Crippen molar-refractivity contribution in [3.63, 3.8) is 0 Å². The summed E-state index contributed by atoms with van der Waals surface area (Å²) in [6, 6.07) is 10.3. The standard InChI is InChI=1S/C21H20F3NO3/c1-12(26)9-18-17(13-3-6-16(28-2)7-4-13)11-14-10-15(21(22,23)24)5-8-19(14)25-20(18)27/h3-8,10,17-18H,9,11H2,1-2H3,(H,25,27)/t17-,18+/m0/s1. The van der Waals surface area contributed by atoms with Gasteiger partial charge in [0.2, 0.25) is 5.91 Å². The average molecular weight is 391 g/mol. The number of carbonyl (C=O) groups is 2. The molecule has 2 aromatic rings. The van der Waals surface area contributed by atoms with Crippen LogP contribution in [0.5, 0.6) is 5.75 Å². The number of hydrogen-bond acceptors (Lipinski definition) is 3. The van der Waals surface area contributed by atoms with Crippen molar-refractivity contribution in [2.24, 2.45) is 5.92 Å². The van der Waals surface area contributed by atoms with Gasteiger partial charge in [0.1, 0.15) is 11.5 Å². The summed E-state index contributed by atoms with van der Waals surface area (Å²) in [5.41, 5.74) is 0.754. The fourth-order valence-electron chi connectivity index (χ4n) is 3.59. The summed E-state index contributed by atoms with van der Waals surface area (Å²) < 4.78 is 44.6. The molecular formula is C21H20F3NO3. The fraction of sp³-hybridized carbons (Fsp3) is 0.333. The molecule has 1 aliphatic rings. The smallest absolute Gasteiger partial charge is 0.416 e. The summed E-state index contributed by atoms with van der Waals surface area (Å²) in [5.74, 6) is -0.994. The van der Waals surface area contributed by atoms with E-state index in [-0.39, 0.29) is 24.5 Å². The first-order valence-electron chi connectivity index (χ1n) is 8.83. The maximum absolute atomic E-state index is 13.1. The van der Waals surface area contributed by atoms with E-state index in [2.05, 4.69) is 5.32 Å². The number of nitrogens with one attached hydrogen (secondary N) is 1. The second-order valence-electron chi connectivity index (χ2n) is 6.96. The van der Waals surface area contributed by atoms with E-state index >= 15 is 0 Å². The minimum Gasteiger partial charge on any atom is -0.497 e. The van der Waals surface area contributed by atoms with Crippen molar-refractivity contribution in [1.29, 1.82) is 0 Å². The summed E-state index contributed by atoms with van der Waals surface area (Å²) in [7, 11) is 1.53. The first-order chi connectivity index (χ1) is 13.2. The number of fused-ring (bicyclic) bond motifs is 1. The van der Waals surface area contributed by atoms with Gasteiger partial charge in [-0.1, -0.05) is 12.1 Å². The summed E-state index contributed by atoms with van der Waals surface area (Å²) >= 11 is 0. The highest BCUT2D eigenvalue weighted by Gasteiger charge is 2.36. The number of anilines is 1. The third-order valence-corrected chi connectivity index (χ3v) is 5.00. The van der Waals surface area contributed by atoms with E-state index in [0.29, 0.717) is 17.0 Å². The second kappa shape index (κ2) is 7.66. The molecule has 1 amide bonds.